The van der Waals surface area contributed by atoms with E-state index in [4.69, 9.17) is 0 Å². The lowest BCUT2D eigenvalue weighted by Gasteiger charge is -2.21. The van der Waals surface area contributed by atoms with E-state index in [9.17, 15) is 14.4 Å². The van der Waals surface area contributed by atoms with Gasteiger partial charge in [0.1, 0.15) is 0 Å². The van der Waals surface area contributed by atoms with Crippen molar-refractivity contribution in [3.8, 4) is 0 Å². The number of hydrogen-bond acceptors (Lipinski definition) is 4. The van der Waals surface area contributed by atoms with Crippen LogP contribution >= 0.6 is 0 Å². The van der Waals surface area contributed by atoms with Crippen molar-refractivity contribution >= 4 is 29.1 Å². The van der Waals surface area contributed by atoms with Gasteiger partial charge in [-0.2, -0.15) is 0 Å². The van der Waals surface area contributed by atoms with Crippen molar-refractivity contribution in [1.82, 2.24) is 10.2 Å². The van der Waals surface area contributed by atoms with Crippen molar-refractivity contribution < 1.29 is 14.4 Å². The topological polar surface area (TPSA) is 90.5 Å². The number of hydrogen-bond donors (Lipinski definition) is 3. The summed E-state index contributed by atoms with van der Waals surface area (Å²) in [7, 11) is 0. The maximum Gasteiger partial charge on any atom is 0.253 e. The highest BCUT2D eigenvalue weighted by molar-refractivity contribution is 5.98. The van der Waals surface area contributed by atoms with Crippen LogP contribution in [-0.4, -0.2) is 48.3 Å². The second kappa shape index (κ2) is 12.5. The minimum atomic E-state index is -0.233. The molecule has 2 rings (SSSR count). The Kier molecular flexibility index (Phi) is 9.73. The average molecular weight is 439 g/mol. The second-order valence-electron chi connectivity index (χ2n) is 7.98. The molecule has 7 heteroatoms. The highest BCUT2D eigenvalue weighted by Gasteiger charge is 2.14. The summed E-state index contributed by atoms with van der Waals surface area (Å²) in [6, 6.07) is 14.0. The molecule has 0 heterocycles. The average Bonchev–Trinajstić information content (AvgIpc) is 2.77. The Hall–Kier alpha value is -3.35. The number of anilines is 2. The van der Waals surface area contributed by atoms with Crippen LogP contribution in [0.15, 0.2) is 48.5 Å². The normalized spacial score (nSPS) is 10.5. The highest BCUT2D eigenvalue weighted by atomic mass is 16.2. The van der Waals surface area contributed by atoms with Crippen molar-refractivity contribution in [2.75, 3.05) is 30.3 Å². The highest BCUT2D eigenvalue weighted by Crippen LogP contribution is 2.14. The minimum Gasteiger partial charge on any atom is -0.376 e. The Morgan fingerprint density at radius 1 is 0.875 bits per heavy atom. The Balaban J connectivity index is 1.91. The van der Waals surface area contributed by atoms with Crippen LogP contribution in [0.2, 0.25) is 0 Å². The van der Waals surface area contributed by atoms with E-state index in [2.05, 4.69) is 29.8 Å². The van der Waals surface area contributed by atoms with Gasteiger partial charge in [-0.15, -0.1) is 0 Å². The third kappa shape index (κ3) is 7.72. The van der Waals surface area contributed by atoms with Crippen LogP contribution < -0.4 is 16.0 Å². The quantitative estimate of drug-likeness (QED) is 0.492. The van der Waals surface area contributed by atoms with Crippen LogP contribution in [0.4, 0.5) is 11.4 Å². The third-order valence-electron chi connectivity index (χ3n) is 4.69. The molecule has 0 aromatic heterocycles. The van der Waals surface area contributed by atoms with Crippen molar-refractivity contribution in [1.29, 1.82) is 0 Å². The maximum absolute atomic E-state index is 12.7. The fourth-order valence-corrected chi connectivity index (χ4v) is 3.24. The fraction of sp³-hybridized carbons (Fsp3) is 0.400. The first-order chi connectivity index (χ1) is 15.3. The van der Waals surface area contributed by atoms with E-state index < -0.39 is 0 Å². The molecule has 0 aliphatic carbocycles. The molecule has 32 heavy (non-hydrogen) atoms. The summed E-state index contributed by atoms with van der Waals surface area (Å²) in [4.78, 5) is 39.0. The van der Waals surface area contributed by atoms with E-state index in [1.165, 1.54) is 0 Å². The lowest BCUT2D eigenvalue weighted by atomic mass is 10.1. The molecule has 2 aromatic carbocycles. The molecule has 0 unspecified atom stereocenters. The molecule has 0 fully saturated rings. The first-order valence-corrected chi connectivity index (χ1v) is 11.2. The van der Waals surface area contributed by atoms with Gasteiger partial charge in [0.15, 0.2) is 0 Å². The zero-order chi connectivity index (χ0) is 23.5. The van der Waals surface area contributed by atoms with Crippen LogP contribution in [0.3, 0.4) is 0 Å². The van der Waals surface area contributed by atoms with Crippen molar-refractivity contribution in [3.63, 3.8) is 0 Å². The van der Waals surface area contributed by atoms with Crippen LogP contribution in [0.5, 0.6) is 0 Å². The van der Waals surface area contributed by atoms with Gasteiger partial charge in [-0.3, -0.25) is 14.4 Å². The molecule has 0 spiro atoms. The Bertz CT molecular complexity index is 904. The van der Waals surface area contributed by atoms with Crippen molar-refractivity contribution in [2.24, 2.45) is 0 Å². The van der Waals surface area contributed by atoms with E-state index in [1.807, 2.05) is 18.7 Å². The van der Waals surface area contributed by atoms with E-state index in [0.717, 1.165) is 31.6 Å². The summed E-state index contributed by atoms with van der Waals surface area (Å²) in [5, 5.41) is 8.68. The summed E-state index contributed by atoms with van der Waals surface area (Å²) < 4.78 is 0. The molecule has 0 saturated carbocycles. The van der Waals surface area contributed by atoms with Crippen LogP contribution in [-0.2, 0) is 4.79 Å². The summed E-state index contributed by atoms with van der Waals surface area (Å²) in [5.41, 5.74) is 2.43. The molecule has 0 bridgehead atoms. The molecule has 7 nitrogen and oxygen atoms in total. The predicted molar refractivity (Wildman–Crippen MR) is 129 cm³/mol. The number of amides is 3. The first kappa shape index (κ1) is 24.9. The largest absolute Gasteiger partial charge is 0.376 e. The van der Waals surface area contributed by atoms with Crippen LogP contribution in [0.1, 0.15) is 61.3 Å². The number of benzene rings is 2. The van der Waals surface area contributed by atoms with E-state index in [1.54, 1.807) is 48.5 Å². The molecular weight excluding hydrogens is 404 g/mol. The lowest BCUT2D eigenvalue weighted by molar-refractivity contribution is -0.114. The van der Waals surface area contributed by atoms with Gasteiger partial charge in [0, 0.05) is 41.6 Å². The molecule has 0 saturated heterocycles. The van der Waals surface area contributed by atoms with Crippen LogP contribution in [0.25, 0.3) is 0 Å². The number of carbonyl (C=O) groups is 3. The van der Waals surface area contributed by atoms with E-state index >= 15 is 0 Å². The Labute approximate surface area is 190 Å². The van der Waals surface area contributed by atoms with Gasteiger partial charge < -0.3 is 20.9 Å². The zero-order valence-electron chi connectivity index (χ0n) is 19.4. The third-order valence-corrected chi connectivity index (χ3v) is 4.69. The van der Waals surface area contributed by atoms with Gasteiger partial charge in [0.05, 0.1) is 6.54 Å². The Morgan fingerprint density at radius 2 is 1.53 bits per heavy atom. The molecule has 0 radical (unpaired) electrons. The Morgan fingerprint density at radius 3 is 2.12 bits per heavy atom. The molecule has 3 N–H and O–H groups in total. The van der Waals surface area contributed by atoms with Crippen molar-refractivity contribution in [2.45, 2.75) is 46.6 Å². The maximum atomic E-state index is 12.7. The summed E-state index contributed by atoms with van der Waals surface area (Å²) in [5.74, 6) is -0.386. The van der Waals surface area contributed by atoms with Gasteiger partial charge in [-0.25, -0.2) is 0 Å². The molecule has 0 aliphatic heterocycles. The monoisotopic (exact) mass is 438 g/mol. The van der Waals surface area contributed by atoms with Gasteiger partial charge in [0.25, 0.3) is 11.8 Å². The SMILES string of the molecule is CCCN(CCC)C(=O)c1ccc(NCC(=O)Nc2cccc(C(=O)NC(C)C)c2)cc1. The second-order valence-corrected chi connectivity index (χ2v) is 7.98. The lowest BCUT2D eigenvalue weighted by Crippen LogP contribution is -2.32. The first-order valence-electron chi connectivity index (χ1n) is 11.2. The molecule has 3 amide bonds. The summed E-state index contributed by atoms with van der Waals surface area (Å²) in [6.45, 7) is 9.46. The molecular formula is C25H34N4O3. The van der Waals surface area contributed by atoms with Gasteiger partial charge >= 0.3 is 0 Å². The van der Waals surface area contributed by atoms with Gasteiger partial charge in [0.2, 0.25) is 5.91 Å². The summed E-state index contributed by atoms with van der Waals surface area (Å²) >= 11 is 0. The van der Waals surface area contributed by atoms with E-state index in [0.29, 0.717) is 16.8 Å². The zero-order valence-corrected chi connectivity index (χ0v) is 19.4. The molecule has 0 atom stereocenters. The van der Waals surface area contributed by atoms with Crippen molar-refractivity contribution in [3.05, 3.63) is 59.7 Å². The molecule has 2 aromatic rings. The standard InChI is InChI=1S/C25H34N4O3/c1-5-14-29(15-6-2)25(32)19-10-12-21(13-11-19)26-17-23(30)28-22-9-7-8-20(16-22)24(31)27-18(3)4/h7-13,16,18,26H,5-6,14-15,17H2,1-4H3,(H,27,31)(H,28,30). The minimum absolute atomic E-state index is 0.0272. The van der Waals surface area contributed by atoms with Crippen LogP contribution in [0, 0.1) is 0 Å². The van der Waals surface area contributed by atoms with Gasteiger partial charge in [-0.05, 0) is 69.2 Å². The number of rotatable bonds is 11. The van der Waals surface area contributed by atoms with Gasteiger partial charge in [-0.1, -0.05) is 19.9 Å². The summed E-state index contributed by atoms with van der Waals surface area (Å²) in [6.07, 6.45) is 1.84. The smallest absolute Gasteiger partial charge is 0.253 e. The number of nitrogens with zero attached hydrogens (tertiary/aromatic N) is 1. The molecule has 0 aliphatic rings. The predicted octanol–water partition coefficient (Wildman–Crippen LogP) is 4.14. The molecule has 172 valence electrons. The number of nitrogens with one attached hydrogen (secondary N) is 3. The fourth-order valence-electron chi connectivity index (χ4n) is 3.24. The number of carbonyl (C=O) groups excluding carboxylic acids is 3. The van der Waals surface area contributed by atoms with E-state index in [-0.39, 0.29) is 30.3 Å².